The highest BCUT2D eigenvalue weighted by atomic mass is 16.3. The Hall–Kier alpha value is -1.55. The highest BCUT2D eigenvalue weighted by molar-refractivity contribution is 5.87. The zero-order valence-corrected chi connectivity index (χ0v) is 9.73. The van der Waals surface area contributed by atoms with Crippen molar-refractivity contribution in [2.75, 3.05) is 5.32 Å². The molecular formula is C13H17N3O. The standard InChI is InChI=1S/C13H17N3O/c14-9-1-3-10(4-2-9)16-13-11-6-8-17-12(11)5-7-15-13/h5-10H,1-4,14H2,(H,15,16). The average molecular weight is 231 g/mol. The second kappa shape index (κ2) is 4.37. The van der Waals surface area contributed by atoms with Gasteiger partial charge in [-0.3, -0.25) is 0 Å². The van der Waals surface area contributed by atoms with E-state index in [2.05, 4.69) is 10.3 Å². The Morgan fingerprint density at radius 3 is 2.88 bits per heavy atom. The summed E-state index contributed by atoms with van der Waals surface area (Å²) in [7, 11) is 0. The van der Waals surface area contributed by atoms with Crippen molar-refractivity contribution < 1.29 is 4.42 Å². The number of nitrogens with two attached hydrogens (primary N) is 1. The van der Waals surface area contributed by atoms with Crippen molar-refractivity contribution >= 4 is 16.8 Å². The van der Waals surface area contributed by atoms with Gasteiger partial charge in [0.1, 0.15) is 11.4 Å². The van der Waals surface area contributed by atoms with Crippen molar-refractivity contribution in [1.82, 2.24) is 4.98 Å². The molecule has 0 aromatic carbocycles. The summed E-state index contributed by atoms with van der Waals surface area (Å²) in [5.74, 6) is 0.928. The fraction of sp³-hybridized carbons (Fsp3) is 0.462. The van der Waals surface area contributed by atoms with E-state index in [-0.39, 0.29) is 0 Å². The van der Waals surface area contributed by atoms with Crippen LogP contribution in [0.5, 0.6) is 0 Å². The van der Waals surface area contributed by atoms with Crippen LogP contribution in [-0.2, 0) is 0 Å². The van der Waals surface area contributed by atoms with Gasteiger partial charge in [-0.15, -0.1) is 0 Å². The minimum absolute atomic E-state index is 0.380. The Kier molecular flexibility index (Phi) is 2.73. The van der Waals surface area contributed by atoms with Crippen LogP contribution in [0.25, 0.3) is 11.0 Å². The monoisotopic (exact) mass is 231 g/mol. The third-order valence-electron chi connectivity index (χ3n) is 3.49. The third-order valence-corrected chi connectivity index (χ3v) is 3.49. The van der Waals surface area contributed by atoms with E-state index in [1.165, 1.54) is 0 Å². The first-order chi connectivity index (χ1) is 8.33. The minimum atomic E-state index is 0.380. The van der Waals surface area contributed by atoms with Gasteiger partial charge in [0.15, 0.2) is 0 Å². The molecule has 17 heavy (non-hydrogen) atoms. The summed E-state index contributed by atoms with van der Waals surface area (Å²) in [4.78, 5) is 4.39. The number of anilines is 1. The molecule has 1 aliphatic carbocycles. The molecular weight excluding hydrogens is 214 g/mol. The number of hydrogen-bond acceptors (Lipinski definition) is 4. The lowest BCUT2D eigenvalue weighted by Gasteiger charge is -2.27. The Labute approximate surface area is 100 Å². The van der Waals surface area contributed by atoms with E-state index in [4.69, 9.17) is 10.2 Å². The van der Waals surface area contributed by atoms with Gasteiger partial charge in [0.05, 0.1) is 11.6 Å². The number of nitrogens with zero attached hydrogens (tertiary/aromatic N) is 1. The van der Waals surface area contributed by atoms with Crippen molar-refractivity contribution in [3.8, 4) is 0 Å². The molecule has 0 atom stereocenters. The average Bonchev–Trinajstić information content (AvgIpc) is 2.81. The van der Waals surface area contributed by atoms with E-state index in [1.54, 1.807) is 12.5 Å². The first-order valence-corrected chi connectivity index (χ1v) is 6.17. The van der Waals surface area contributed by atoms with Gasteiger partial charge in [0, 0.05) is 18.3 Å². The normalized spacial score (nSPS) is 25.0. The van der Waals surface area contributed by atoms with Gasteiger partial charge >= 0.3 is 0 Å². The van der Waals surface area contributed by atoms with Crippen LogP contribution in [0.1, 0.15) is 25.7 Å². The van der Waals surface area contributed by atoms with E-state index in [1.807, 2.05) is 12.1 Å². The number of aromatic nitrogens is 1. The molecule has 2 aromatic heterocycles. The number of hydrogen-bond donors (Lipinski definition) is 2. The maximum Gasteiger partial charge on any atom is 0.139 e. The molecule has 0 spiro atoms. The van der Waals surface area contributed by atoms with E-state index < -0.39 is 0 Å². The fourth-order valence-corrected chi connectivity index (χ4v) is 2.47. The topological polar surface area (TPSA) is 64.1 Å². The molecule has 0 unspecified atom stereocenters. The number of rotatable bonds is 2. The summed E-state index contributed by atoms with van der Waals surface area (Å²) in [6.45, 7) is 0. The van der Waals surface area contributed by atoms with Crippen LogP contribution in [0.2, 0.25) is 0 Å². The second-order valence-electron chi connectivity index (χ2n) is 4.75. The first kappa shape index (κ1) is 10.6. The molecule has 2 heterocycles. The van der Waals surface area contributed by atoms with Crippen LogP contribution in [0.4, 0.5) is 5.82 Å². The van der Waals surface area contributed by atoms with E-state index >= 15 is 0 Å². The van der Waals surface area contributed by atoms with Crippen LogP contribution in [0.15, 0.2) is 29.0 Å². The Bertz CT molecular complexity index is 500. The van der Waals surface area contributed by atoms with Gasteiger partial charge < -0.3 is 15.5 Å². The molecule has 3 rings (SSSR count). The van der Waals surface area contributed by atoms with E-state index in [0.29, 0.717) is 12.1 Å². The van der Waals surface area contributed by atoms with Crippen molar-refractivity contribution in [1.29, 1.82) is 0 Å². The molecule has 4 nitrogen and oxygen atoms in total. The summed E-state index contributed by atoms with van der Waals surface area (Å²) in [5, 5.41) is 4.56. The molecule has 1 fully saturated rings. The summed E-state index contributed by atoms with van der Waals surface area (Å²) in [6, 6.07) is 4.71. The quantitative estimate of drug-likeness (QED) is 0.833. The molecule has 1 saturated carbocycles. The number of fused-ring (bicyclic) bond motifs is 1. The first-order valence-electron chi connectivity index (χ1n) is 6.17. The van der Waals surface area contributed by atoms with Crippen molar-refractivity contribution in [2.45, 2.75) is 37.8 Å². The molecule has 0 amide bonds. The fourth-order valence-electron chi connectivity index (χ4n) is 2.47. The SMILES string of the molecule is NC1CCC(Nc2nccc3occc23)CC1. The summed E-state index contributed by atoms with van der Waals surface area (Å²) < 4.78 is 5.36. The number of pyridine rings is 1. The van der Waals surface area contributed by atoms with E-state index in [9.17, 15) is 0 Å². The zero-order valence-electron chi connectivity index (χ0n) is 9.73. The van der Waals surface area contributed by atoms with Gasteiger partial charge in [-0.25, -0.2) is 4.98 Å². The predicted molar refractivity (Wildman–Crippen MR) is 67.9 cm³/mol. The van der Waals surface area contributed by atoms with Crippen molar-refractivity contribution in [2.24, 2.45) is 5.73 Å². The zero-order chi connectivity index (χ0) is 11.7. The summed E-state index contributed by atoms with van der Waals surface area (Å²) in [5.41, 5.74) is 6.79. The molecule has 2 aromatic rings. The summed E-state index contributed by atoms with van der Waals surface area (Å²) in [6.07, 6.45) is 7.92. The Balaban J connectivity index is 1.78. The lowest BCUT2D eigenvalue weighted by molar-refractivity contribution is 0.410. The highest BCUT2D eigenvalue weighted by Crippen LogP contribution is 2.25. The number of nitrogens with one attached hydrogen (secondary N) is 1. The maximum atomic E-state index is 5.91. The molecule has 0 bridgehead atoms. The molecule has 0 aliphatic heterocycles. The lowest BCUT2D eigenvalue weighted by Crippen LogP contribution is -2.33. The van der Waals surface area contributed by atoms with Crippen LogP contribution in [-0.4, -0.2) is 17.1 Å². The van der Waals surface area contributed by atoms with Gasteiger partial charge in [-0.2, -0.15) is 0 Å². The molecule has 0 saturated heterocycles. The largest absolute Gasteiger partial charge is 0.464 e. The Morgan fingerprint density at radius 1 is 1.24 bits per heavy atom. The Morgan fingerprint density at radius 2 is 2.06 bits per heavy atom. The molecule has 0 radical (unpaired) electrons. The smallest absolute Gasteiger partial charge is 0.139 e. The minimum Gasteiger partial charge on any atom is -0.464 e. The van der Waals surface area contributed by atoms with Crippen molar-refractivity contribution in [3.05, 3.63) is 24.6 Å². The molecule has 3 N–H and O–H groups in total. The van der Waals surface area contributed by atoms with Gasteiger partial charge in [-0.05, 0) is 37.8 Å². The maximum absolute atomic E-state index is 5.91. The van der Waals surface area contributed by atoms with Crippen LogP contribution in [0, 0.1) is 0 Å². The third kappa shape index (κ3) is 2.13. The number of furan rings is 1. The molecule has 1 aliphatic rings. The van der Waals surface area contributed by atoms with Gasteiger partial charge in [-0.1, -0.05) is 0 Å². The van der Waals surface area contributed by atoms with E-state index in [0.717, 1.165) is 42.5 Å². The van der Waals surface area contributed by atoms with Crippen LogP contribution >= 0.6 is 0 Å². The van der Waals surface area contributed by atoms with Gasteiger partial charge in [0.2, 0.25) is 0 Å². The lowest BCUT2D eigenvalue weighted by atomic mass is 9.92. The highest BCUT2D eigenvalue weighted by Gasteiger charge is 2.19. The van der Waals surface area contributed by atoms with Crippen LogP contribution < -0.4 is 11.1 Å². The molecule has 4 heteroatoms. The van der Waals surface area contributed by atoms with Gasteiger partial charge in [0.25, 0.3) is 0 Å². The predicted octanol–water partition coefficient (Wildman–Crippen LogP) is 2.51. The van der Waals surface area contributed by atoms with Crippen LogP contribution in [0.3, 0.4) is 0 Å². The summed E-state index contributed by atoms with van der Waals surface area (Å²) >= 11 is 0. The van der Waals surface area contributed by atoms with Crippen molar-refractivity contribution in [3.63, 3.8) is 0 Å². The molecule has 90 valence electrons. The second-order valence-corrected chi connectivity index (χ2v) is 4.75.